The van der Waals surface area contributed by atoms with Gasteiger partial charge in [0, 0.05) is 19.6 Å². The second-order valence-corrected chi connectivity index (χ2v) is 5.27. The Bertz CT molecular complexity index is 453. The SMILES string of the molecule is C=CCNc1ncnc(N(C)C2CCN(C)CC2)c1N. The van der Waals surface area contributed by atoms with E-state index in [0.717, 1.165) is 31.7 Å². The third-order valence-electron chi connectivity index (χ3n) is 3.85. The molecule has 1 fully saturated rings. The Labute approximate surface area is 120 Å². The summed E-state index contributed by atoms with van der Waals surface area (Å²) in [5, 5.41) is 3.14. The first-order valence-electron chi connectivity index (χ1n) is 7.00. The molecule has 1 aromatic rings. The number of nitrogens with two attached hydrogens (primary N) is 1. The Morgan fingerprint density at radius 3 is 2.85 bits per heavy atom. The van der Waals surface area contributed by atoms with Crippen molar-refractivity contribution in [3.05, 3.63) is 19.0 Å². The van der Waals surface area contributed by atoms with Gasteiger partial charge < -0.3 is 20.9 Å². The van der Waals surface area contributed by atoms with Gasteiger partial charge >= 0.3 is 0 Å². The number of aromatic nitrogens is 2. The van der Waals surface area contributed by atoms with Crippen molar-refractivity contribution in [3.8, 4) is 0 Å². The van der Waals surface area contributed by atoms with E-state index in [0.29, 0.717) is 24.1 Å². The fourth-order valence-corrected chi connectivity index (χ4v) is 2.53. The third-order valence-corrected chi connectivity index (χ3v) is 3.85. The Hall–Kier alpha value is -1.82. The molecule has 2 rings (SSSR count). The summed E-state index contributed by atoms with van der Waals surface area (Å²) in [5.41, 5.74) is 6.79. The number of hydrogen-bond acceptors (Lipinski definition) is 6. The molecule has 0 unspecified atom stereocenters. The zero-order chi connectivity index (χ0) is 14.5. The van der Waals surface area contributed by atoms with Gasteiger partial charge in [-0.15, -0.1) is 6.58 Å². The minimum atomic E-state index is 0.482. The van der Waals surface area contributed by atoms with E-state index in [9.17, 15) is 0 Å². The van der Waals surface area contributed by atoms with Crippen LogP contribution < -0.4 is 16.0 Å². The number of nitrogen functional groups attached to an aromatic ring is 1. The number of rotatable bonds is 5. The number of piperidine rings is 1. The largest absolute Gasteiger partial charge is 0.393 e. The first-order valence-corrected chi connectivity index (χ1v) is 7.00. The second-order valence-electron chi connectivity index (χ2n) is 5.27. The molecule has 0 amide bonds. The first kappa shape index (κ1) is 14.6. The normalized spacial score (nSPS) is 16.9. The topological polar surface area (TPSA) is 70.3 Å². The fraction of sp³-hybridized carbons (Fsp3) is 0.571. The van der Waals surface area contributed by atoms with Gasteiger partial charge in [0.05, 0.1) is 0 Å². The van der Waals surface area contributed by atoms with E-state index < -0.39 is 0 Å². The molecule has 0 radical (unpaired) electrons. The Kier molecular flexibility index (Phi) is 4.79. The highest BCUT2D eigenvalue weighted by molar-refractivity contribution is 5.75. The lowest BCUT2D eigenvalue weighted by Crippen LogP contribution is -2.42. The van der Waals surface area contributed by atoms with Crippen molar-refractivity contribution in [1.82, 2.24) is 14.9 Å². The smallest absolute Gasteiger partial charge is 0.157 e. The molecular formula is C14H24N6. The Morgan fingerprint density at radius 1 is 1.50 bits per heavy atom. The molecule has 0 aromatic carbocycles. The maximum absolute atomic E-state index is 6.19. The summed E-state index contributed by atoms with van der Waals surface area (Å²) in [5.74, 6) is 1.48. The van der Waals surface area contributed by atoms with Gasteiger partial charge in [0.15, 0.2) is 11.6 Å². The molecule has 2 heterocycles. The molecular weight excluding hydrogens is 252 g/mol. The summed E-state index contributed by atoms with van der Waals surface area (Å²) in [6, 6.07) is 0.482. The van der Waals surface area contributed by atoms with Crippen LogP contribution in [-0.4, -0.2) is 54.6 Å². The van der Waals surface area contributed by atoms with Gasteiger partial charge in [-0.3, -0.25) is 0 Å². The summed E-state index contributed by atoms with van der Waals surface area (Å²) in [6.07, 6.45) is 5.60. The monoisotopic (exact) mass is 276 g/mol. The predicted octanol–water partition coefficient (Wildman–Crippen LogP) is 1.19. The highest BCUT2D eigenvalue weighted by atomic mass is 15.2. The van der Waals surface area contributed by atoms with Gasteiger partial charge in [-0.05, 0) is 33.0 Å². The van der Waals surface area contributed by atoms with Gasteiger partial charge in [0.1, 0.15) is 12.0 Å². The van der Waals surface area contributed by atoms with Gasteiger partial charge in [-0.2, -0.15) is 0 Å². The summed E-state index contributed by atoms with van der Waals surface area (Å²) >= 11 is 0. The van der Waals surface area contributed by atoms with Crippen LogP contribution in [0.3, 0.4) is 0 Å². The molecule has 0 aliphatic carbocycles. The highest BCUT2D eigenvalue weighted by Gasteiger charge is 2.23. The van der Waals surface area contributed by atoms with Crippen LogP contribution in [0.1, 0.15) is 12.8 Å². The van der Waals surface area contributed by atoms with Crippen LogP contribution in [0, 0.1) is 0 Å². The minimum absolute atomic E-state index is 0.482. The fourth-order valence-electron chi connectivity index (χ4n) is 2.53. The first-order chi connectivity index (χ1) is 9.63. The molecule has 1 aliphatic heterocycles. The minimum Gasteiger partial charge on any atom is -0.393 e. The predicted molar refractivity (Wildman–Crippen MR) is 84.1 cm³/mol. The van der Waals surface area contributed by atoms with Crippen molar-refractivity contribution in [2.45, 2.75) is 18.9 Å². The molecule has 1 saturated heterocycles. The third kappa shape index (κ3) is 3.19. The molecule has 1 aliphatic rings. The summed E-state index contributed by atoms with van der Waals surface area (Å²) in [7, 11) is 4.22. The van der Waals surface area contributed by atoms with E-state index in [1.54, 1.807) is 12.4 Å². The lowest BCUT2D eigenvalue weighted by Gasteiger charge is -2.36. The zero-order valence-electron chi connectivity index (χ0n) is 12.3. The summed E-state index contributed by atoms with van der Waals surface area (Å²) < 4.78 is 0. The quantitative estimate of drug-likeness (QED) is 0.787. The van der Waals surface area contributed by atoms with Crippen molar-refractivity contribution in [2.24, 2.45) is 0 Å². The molecule has 3 N–H and O–H groups in total. The van der Waals surface area contributed by atoms with Crippen molar-refractivity contribution in [3.63, 3.8) is 0 Å². The maximum atomic E-state index is 6.19. The maximum Gasteiger partial charge on any atom is 0.157 e. The van der Waals surface area contributed by atoms with Gasteiger partial charge in [-0.25, -0.2) is 9.97 Å². The summed E-state index contributed by atoms with van der Waals surface area (Å²) in [6.45, 7) is 6.54. The number of nitrogens with zero attached hydrogens (tertiary/aromatic N) is 4. The van der Waals surface area contributed by atoms with E-state index in [1.165, 1.54) is 0 Å². The van der Waals surface area contributed by atoms with E-state index >= 15 is 0 Å². The van der Waals surface area contributed by atoms with E-state index in [2.05, 4.69) is 45.8 Å². The lowest BCUT2D eigenvalue weighted by atomic mass is 10.0. The van der Waals surface area contributed by atoms with Crippen LogP contribution in [0.25, 0.3) is 0 Å². The van der Waals surface area contributed by atoms with E-state index in [-0.39, 0.29) is 0 Å². The lowest BCUT2D eigenvalue weighted by molar-refractivity contribution is 0.252. The van der Waals surface area contributed by atoms with Crippen LogP contribution in [0.5, 0.6) is 0 Å². The number of likely N-dealkylation sites (tertiary alicyclic amines) is 1. The standard InChI is InChI=1S/C14H24N6/c1-4-7-16-13-12(15)14(18-10-17-13)20(3)11-5-8-19(2)9-6-11/h4,10-11H,1,5-9,15H2,2-3H3,(H,16,17,18). The van der Waals surface area contributed by atoms with Crippen LogP contribution in [0.15, 0.2) is 19.0 Å². The number of hydrogen-bond donors (Lipinski definition) is 2. The van der Waals surface area contributed by atoms with Crippen molar-refractivity contribution < 1.29 is 0 Å². The summed E-state index contributed by atoms with van der Waals surface area (Å²) in [4.78, 5) is 13.1. The van der Waals surface area contributed by atoms with E-state index in [4.69, 9.17) is 5.73 Å². The van der Waals surface area contributed by atoms with E-state index in [1.807, 2.05) is 0 Å². The van der Waals surface area contributed by atoms with Gasteiger partial charge in [0.2, 0.25) is 0 Å². The molecule has 0 spiro atoms. The molecule has 0 bridgehead atoms. The van der Waals surface area contributed by atoms with Crippen LogP contribution in [0.2, 0.25) is 0 Å². The molecule has 20 heavy (non-hydrogen) atoms. The average Bonchev–Trinajstić information content (AvgIpc) is 2.46. The number of nitrogens with one attached hydrogen (secondary N) is 1. The molecule has 0 atom stereocenters. The Morgan fingerprint density at radius 2 is 2.20 bits per heavy atom. The van der Waals surface area contributed by atoms with Crippen molar-refractivity contribution in [2.75, 3.05) is 49.7 Å². The molecule has 6 nitrogen and oxygen atoms in total. The Balaban J connectivity index is 2.13. The highest BCUT2D eigenvalue weighted by Crippen LogP contribution is 2.28. The van der Waals surface area contributed by atoms with Crippen LogP contribution >= 0.6 is 0 Å². The molecule has 6 heteroatoms. The zero-order valence-corrected chi connectivity index (χ0v) is 12.3. The van der Waals surface area contributed by atoms with Gasteiger partial charge in [0.25, 0.3) is 0 Å². The molecule has 110 valence electrons. The van der Waals surface area contributed by atoms with Crippen LogP contribution in [0.4, 0.5) is 17.3 Å². The molecule has 0 saturated carbocycles. The molecule has 1 aromatic heterocycles. The van der Waals surface area contributed by atoms with Crippen molar-refractivity contribution in [1.29, 1.82) is 0 Å². The number of anilines is 3. The average molecular weight is 276 g/mol. The van der Waals surface area contributed by atoms with Crippen LogP contribution in [-0.2, 0) is 0 Å². The second kappa shape index (κ2) is 6.56. The van der Waals surface area contributed by atoms with Gasteiger partial charge in [-0.1, -0.05) is 6.08 Å². The van der Waals surface area contributed by atoms with Crippen molar-refractivity contribution >= 4 is 17.3 Å².